The number of aromatic nitrogens is 4. The second kappa shape index (κ2) is 7.98. The molecule has 1 saturated heterocycles. The monoisotopic (exact) mass is 375 g/mol. The maximum atomic E-state index is 12.8. The third-order valence-corrected chi connectivity index (χ3v) is 4.46. The molecule has 0 radical (unpaired) electrons. The number of likely N-dealkylation sites (tertiary alicyclic amines) is 1. The van der Waals surface area contributed by atoms with Crippen LogP contribution in [0.3, 0.4) is 0 Å². The van der Waals surface area contributed by atoms with E-state index in [2.05, 4.69) is 15.5 Å². The molecule has 0 aromatic carbocycles. The Bertz CT molecular complexity index is 851. The summed E-state index contributed by atoms with van der Waals surface area (Å²) in [5, 5.41) is 21.3. The summed E-state index contributed by atoms with van der Waals surface area (Å²) in [6.45, 7) is 1.60. The minimum absolute atomic E-state index is 0.0606. The highest BCUT2D eigenvalue weighted by Crippen LogP contribution is 2.20. The molecule has 0 spiro atoms. The number of amides is 2. The molecule has 2 aromatic rings. The molecule has 3 heterocycles. The van der Waals surface area contributed by atoms with Gasteiger partial charge in [-0.2, -0.15) is 10.2 Å². The number of nitrogens with zero attached hydrogens (tertiary/aromatic N) is 6. The number of hydrogen-bond acceptors (Lipinski definition) is 6. The highest BCUT2D eigenvalue weighted by Gasteiger charge is 2.25. The van der Waals surface area contributed by atoms with Gasteiger partial charge in [-0.15, -0.1) is 0 Å². The molecule has 27 heavy (non-hydrogen) atoms. The second-order valence-corrected chi connectivity index (χ2v) is 6.40. The Labute approximate surface area is 155 Å². The van der Waals surface area contributed by atoms with Crippen LogP contribution in [0.4, 0.5) is 11.4 Å². The van der Waals surface area contributed by atoms with E-state index >= 15 is 0 Å². The molecule has 1 aliphatic rings. The number of nitrogens with one attached hydrogen (secondary N) is 1. The molecule has 1 aliphatic heterocycles. The average molecular weight is 375 g/mol. The fourth-order valence-electron chi connectivity index (χ4n) is 3.03. The predicted molar refractivity (Wildman–Crippen MR) is 95.1 cm³/mol. The zero-order valence-electron chi connectivity index (χ0n) is 15.0. The van der Waals surface area contributed by atoms with Crippen molar-refractivity contribution in [2.45, 2.75) is 32.2 Å². The first kappa shape index (κ1) is 18.5. The quantitative estimate of drug-likeness (QED) is 0.596. The van der Waals surface area contributed by atoms with Crippen LogP contribution in [-0.2, 0) is 18.4 Å². The molecule has 1 fully saturated rings. The minimum Gasteiger partial charge on any atom is -0.337 e. The minimum atomic E-state index is -0.544. The first-order valence-electron chi connectivity index (χ1n) is 8.73. The molecule has 11 nitrogen and oxygen atoms in total. The maximum absolute atomic E-state index is 12.8. The standard InChI is InChI=1S/C16H21N7O4/c1-20-15(16(25)21-6-3-2-4-7-21)13(10-17-20)19-14(24)5-8-22-11-12(9-18-22)23(26)27/h9-11H,2-8H2,1H3,(H,19,24). The molecule has 2 aromatic heterocycles. The van der Waals surface area contributed by atoms with E-state index in [0.717, 1.165) is 25.5 Å². The molecule has 0 atom stereocenters. The largest absolute Gasteiger partial charge is 0.337 e. The van der Waals surface area contributed by atoms with Crippen molar-refractivity contribution < 1.29 is 14.5 Å². The van der Waals surface area contributed by atoms with Gasteiger partial charge in [0, 0.05) is 33.1 Å². The number of carbonyl (C=O) groups excluding carboxylic acids is 2. The Morgan fingerprint density at radius 2 is 1.96 bits per heavy atom. The summed E-state index contributed by atoms with van der Waals surface area (Å²) in [5.41, 5.74) is 0.585. The van der Waals surface area contributed by atoms with E-state index in [0.29, 0.717) is 24.5 Å². The lowest BCUT2D eigenvalue weighted by Gasteiger charge is -2.27. The Morgan fingerprint density at radius 1 is 1.22 bits per heavy atom. The van der Waals surface area contributed by atoms with Gasteiger partial charge in [-0.05, 0) is 19.3 Å². The molecule has 2 amide bonds. The number of aryl methyl sites for hydroxylation is 2. The van der Waals surface area contributed by atoms with Crippen molar-refractivity contribution >= 4 is 23.2 Å². The highest BCUT2D eigenvalue weighted by atomic mass is 16.6. The first-order chi connectivity index (χ1) is 13.0. The van der Waals surface area contributed by atoms with Crippen molar-refractivity contribution in [3.8, 4) is 0 Å². The summed E-state index contributed by atoms with van der Waals surface area (Å²) < 4.78 is 2.80. The molecule has 0 aliphatic carbocycles. The molecule has 11 heteroatoms. The van der Waals surface area contributed by atoms with Crippen LogP contribution in [0.1, 0.15) is 36.2 Å². The van der Waals surface area contributed by atoms with Gasteiger partial charge in [0.2, 0.25) is 5.91 Å². The highest BCUT2D eigenvalue weighted by molar-refractivity contribution is 6.02. The fourth-order valence-corrected chi connectivity index (χ4v) is 3.03. The van der Waals surface area contributed by atoms with Crippen LogP contribution in [0.5, 0.6) is 0 Å². The van der Waals surface area contributed by atoms with Crippen molar-refractivity contribution in [3.05, 3.63) is 34.4 Å². The van der Waals surface area contributed by atoms with Crippen molar-refractivity contribution in [1.82, 2.24) is 24.5 Å². The van der Waals surface area contributed by atoms with E-state index in [-0.39, 0.29) is 30.5 Å². The molecule has 0 unspecified atom stereocenters. The SMILES string of the molecule is Cn1ncc(NC(=O)CCn2cc([N+](=O)[O-])cn2)c1C(=O)N1CCCCC1. The topological polar surface area (TPSA) is 128 Å². The maximum Gasteiger partial charge on any atom is 0.306 e. The Kier molecular flexibility index (Phi) is 5.48. The molecular formula is C16H21N7O4. The van der Waals surface area contributed by atoms with Crippen LogP contribution in [0.2, 0.25) is 0 Å². The Hall–Kier alpha value is -3.24. The Balaban J connectivity index is 1.62. The van der Waals surface area contributed by atoms with Gasteiger partial charge in [0.25, 0.3) is 5.91 Å². The number of carbonyl (C=O) groups is 2. The van der Waals surface area contributed by atoms with Crippen LogP contribution in [0.15, 0.2) is 18.6 Å². The van der Waals surface area contributed by atoms with Crippen LogP contribution < -0.4 is 5.32 Å². The lowest BCUT2D eigenvalue weighted by molar-refractivity contribution is -0.385. The van der Waals surface area contributed by atoms with E-state index < -0.39 is 4.92 Å². The van der Waals surface area contributed by atoms with E-state index in [1.54, 1.807) is 11.9 Å². The number of rotatable bonds is 6. The van der Waals surface area contributed by atoms with Crippen LogP contribution in [0.25, 0.3) is 0 Å². The normalized spacial score (nSPS) is 14.2. The lowest BCUT2D eigenvalue weighted by atomic mass is 10.1. The predicted octanol–water partition coefficient (Wildman–Crippen LogP) is 1.18. The van der Waals surface area contributed by atoms with Gasteiger partial charge in [0.05, 0.1) is 16.8 Å². The third-order valence-electron chi connectivity index (χ3n) is 4.46. The van der Waals surface area contributed by atoms with E-state index in [1.807, 2.05) is 0 Å². The molecule has 3 rings (SSSR count). The molecule has 144 valence electrons. The van der Waals surface area contributed by atoms with Gasteiger partial charge < -0.3 is 10.2 Å². The molecule has 0 saturated carbocycles. The van der Waals surface area contributed by atoms with Gasteiger partial charge in [0.1, 0.15) is 18.1 Å². The van der Waals surface area contributed by atoms with Crippen LogP contribution in [-0.4, -0.2) is 54.3 Å². The number of hydrogen-bond donors (Lipinski definition) is 1. The first-order valence-corrected chi connectivity index (χ1v) is 8.73. The number of anilines is 1. The Morgan fingerprint density at radius 3 is 2.63 bits per heavy atom. The van der Waals surface area contributed by atoms with Crippen molar-refractivity contribution in [2.75, 3.05) is 18.4 Å². The molecular weight excluding hydrogens is 354 g/mol. The van der Waals surface area contributed by atoms with Gasteiger partial charge in [-0.3, -0.25) is 29.1 Å². The van der Waals surface area contributed by atoms with E-state index in [4.69, 9.17) is 0 Å². The zero-order valence-corrected chi connectivity index (χ0v) is 15.0. The van der Waals surface area contributed by atoms with Gasteiger partial charge in [0.15, 0.2) is 0 Å². The van der Waals surface area contributed by atoms with Gasteiger partial charge in [-0.1, -0.05) is 0 Å². The van der Waals surface area contributed by atoms with Gasteiger partial charge >= 0.3 is 5.69 Å². The van der Waals surface area contributed by atoms with Crippen molar-refractivity contribution in [1.29, 1.82) is 0 Å². The smallest absolute Gasteiger partial charge is 0.306 e. The summed E-state index contributed by atoms with van der Waals surface area (Å²) in [6.07, 6.45) is 6.98. The van der Waals surface area contributed by atoms with Crippen LogP contribution in [0, 0.1) is 10.1 Å². The summed E-state index contributed by atoms with van der Waals surface area (Å²) in [4.78, 5) is 36.9. The van der Waals surface area contributed by atoms with Crippen molar-refractivity contribution in [3.63, 3.8) is 0 Å². The summed E-state index contributed by atoms with van der Waals surface area (Å²) in [7, 11) is 1.66. The number of piperidine rings is 1. The zero-order chi connectivity index (χ0) is 19.4. The number of nitro groups is 1. The fraction of sp³-hybridized carbons (Fsp3) is 0.500. The summed E-state index contributed by atoms with van der Waals surface area (Å²) in [5.74, 6) is -0.471. The summed E-state index contributed by atoms with van der Waals surface area (Å²) in [6, 6.07) is 0. The van der Waals surface area contributed by atoms with Crippen LogP contribution >= 0.6 is 0 Å². The molecule has 1 N–H and O–H groups in total. The van der Waals surface area contributed by atoms with E-state index in [9.17, 15) is 19.7 Å². The van der Waals surface area contributed by atoms with Crippen molar-refractivity contribution in [2.24, 2.45) is 7.05 Å². The average Bonchev–Trinajstić information content (AvgIpc) is 3.27. The van der Waals surface area contributed by atoms with E-state index in [1.165, 1.54) is 21.8 Å². The second-order valence-electron chi connectivity index (χ2n) is 6.40. The third kappa shape index (κ3) is 4.30. The van der Waals surface area contributed by atoms with Gasteiger partial charge in [-0.25, -0.2) is 0 Å². The molecule has 0 bridgehead atoms. The lowest BCUT2D eigenvalue weighted by Crippen LogP contribution is -2.37. The summed E-state index contributed by atoms with van der Waals surface area (Å²) >= 11 is 0.